The Hall–Kier alpha value is -2.40. The van der Waals surface area contributed by atoms with E-state index in [-0.39, 0.29) is 27.7 Å². The molecule has 0 aliphatic carbocycles. The summed E-state index contributed by atoms with van der Waals surface area (Å²) in [6.07, 6.45) is 0. The lowest BCUT2D eigenvalue weighted by Gasteiger charge is -2.18. The third-order valence-corrected chi connectivity index (χ3v) is 7.73. The number of aryl methyl sites for hydroxylation is 1. The van der Waals surface area contributed by atoms with Crippen molar-refractivity contribution >= 4 is 45.0 Å². The van der Waals surface area contributed by atoms with E-state index in [1.165, 1.54) is 16.4 Å². The third-order valence-electron chi connectivity index (χ3n) is 4.56. The molecule has 0 atom stereocenters. The lowest BCUT2D eigenvalue weighted by molar-refractivity contribution is -0.113. The first-order chi connectivity index (χ1) is 15.2. The van der Waals surface area contributed by atoms with E-state index >= 15 is 0 Å². The van der Waals surface area contributed by atoms with Gasteiger partial charge in [-0.1, -0.05) is 49.3 Å². The molecule has 0 spiro atoms. The van der Waals surface area contributed by atoms with E-state index in [1.54, 1.807) is 38.1 Å². The monoisotopic (exact) mass is 494 g/mol. The largest absolute Gasteiger partial charge is 0.411 e. The molecule has 0 aliphatic rings. The van der Waals surface area contributed by atoms with Gasteiger partial charge in [-0.2, -0.15) is 4.31 Å². The number of carbonyl (C=O) groups excluding carboxylic acids is 1. The highest BCUT2D eigenvalue weighted by Crippen LogP contribution is 2.27. The summed E-state index contributed by atoms with van der Waals surface area (Å²) in [7, 11) is -3.61. The van der Waals surface area contributed by atoms with Crippen molar-refractivity contribution in [2.45, 2.75) is 30.9 Å². The fourth-order valence-electron chi connectivity index (χ4n) is 2.92. The van der Waals surface area contributed by atoms with Crippen LogP contribution in [0.4, 0.5) is 5.69 Å². The quantitative estimate of drug-likeness (QED) is 0.438. The number of rotatable bonds is 9. The zero-order valence-electron chi connectivity index (χ0n) is 17.8. The summed E-state index contributed by atoms with van der Waals surface area (Å²) in [4.78, 5) is 12.4. The van der Waals surface area contributed by atoms with Crippen molar-refractivity contribution in [3.63, 3.8) is 0 Å². The van der Waals surface area contributed by atoms with Crippen molar-refractivity contribution in [2.75, 3.05) is 24.2 Å². The zero-order chi connectivity index (χ0) is 23.3. The van der Waals surface area contributed by atoms with Crippen LogP contribution in [0.5, 0.6) is 0 Å². The maximum Gasteiger partial charge on any atom is 0.277 e. The van der Waals surface area contributed by atoms with E-state index in [0.29, 0.717) is 29.4 Å². The van der Waals surface area contributed by atoms with Gasteiger partial charge in [0, 0.05) is 18.7 Å². The minimum absolute atomic E-state index is 0.0439. The molecule has 11 heteroatoms. The predicted molar refractivity (Wildman–Crippen MR) is 125 cm³/mol. The lowest BCUT2D eigenvalue weighted by atomic mass is 10.2. The highest BCUT2D eigenvalue weighted by Gasteiger charge is 2.22. The molecule has 0 saturated carbocycles. The Kier molecular flexibility index (Phi) is 7.94. The fourth-order valence-corrected chi connectivity index (χ4v) is 5.27. The molecule has 8 nitrogen and oxygen atoms in total. The van der Waals surface area contributed by atoms with Crippen LogP contribution < -0.4 is 5.32 Å². The summed E-state index contributed by atoms with van der Waals surface area (Å²) >= 11 is 7.21. The predicted octanol–water partition coefficient (Wildman–Crippen LogP) is 4.46. The maximum atomic E-state index is 12.8. The molecule has 1 heterocycles. The van der Waals surface area contributed by atoms with Crippen molar-refractivity contribution < 1.29 is 17.6 Å². The van der Waals surface area contributed by atoms with E-state index in [0.717, 1.165) is 17.3 Å². The molecule has 0 bridgehead atoms. The van der Waals surface area contributed by atoms with Gasteiger partial charge < -0.3 is 9.73 Å². The third kappa shape index (κ3) is 5.69. The number of sulfonamides is 1. The van der Waals surface area contributed by atoms with Gasteiger partial charge in [-0.25, -0.2) is 8.42 Å². The first kappa shape index (κ1) is 24.2. The molecular weight excluding hydrogens is 472 g/mol. The molecule has 0 aliphatic heterocycles. The van der Waals surface area contributed by atoms with Crippen LogP contribution in [0.3, 0.4) is 0 Å². The van der Waals surface area contributed by atoms with E-state index in [4.69, 9.17) is 16.0 Å². The van der Waals surface area contributed by atoms with Crippen LogP contribution in [0.2, 0.25) is 5.02 Å². The number of hydrogen-bond donors (Lipinski definition) is 1. The molecule has 3 aromatic rings. The molecule has 0 radical (unpaired) electrons. The molecule has 170 valence electrons. The average Bonchev–Trinajstić information content (AvgIpc) is 3.24. The normalized spacial score (nSPS) is 11.7. The Morgan fingerprint density at radius 2 is 1.91 bits per heavy atom. The lowest BCUT2D eigenvalue weighted by Crippen LogP contribution is -2.30. The van der Waals surface area contributed by atoms with Gasteiger partial charge in [0.15, 0.2) is 0 Å². The summed E-state index contributed by atoms with van der Waals surface area (Å²) < 4.78 is 32.5. The van der Waals surface area contributed by atoms with Gasteiger partial charge in [-0.3, -0.25) is 4.79 Å². The van der Waals surface area contributed by atoms with Gasteiger partial charge in [0.05, 0.1) is 21.4 Å². The second-order valence-electron chi connectivity index (χ2n) is 6.81. The number of anilines is 1. The molecular formula is C21H23ClN4O4S2. The Labute approximate surface area is 196 Å². The number of nitrogens with one attached hydrogen (secondary N) is 1. The van der Waals surface area contributed by atoms with Crippen LogP contribution in [0.1, 0.15) is 19.4 Å². The molecule has 0 saturated heterocycles. The number of amides is 1. The Bertz CT molecular complexity index is 1210. The van der Waals surface area contributed by atoms with Crippen LogP contribution in [-0.4, -0.2) is 47.7 Å². The van der Waals surface area contributed by atoms with Gasteiger partial charge in [0.25, 0.3) is 5.22 Å². The summed E-state index contributed by atoms with van der Waals surface area (Å²) in [6.45, 7) is 6.24. The molecule has 1 amide bonds. The number of carbonyl (C=O) groups is 1. The first-order valence-electron chi connectivity index (χ1n) is 9.87. The second kappa shape index (κ2) is 10.5. The highest BCUT2D eigenvalue weighted by molar-refractivity contribution is 7.99. The zero-order valence-corrected chi connectivity index (χ0v) is 20.2. The van der Waals surface area contributed by atoms with Gasteiger partial charge in [0.2, 0.25) is 21.8 Å². The summed E-state index contributed by atoms with van der Waals surface area (Å²) in [5.41, 5.74) is 2.00. The molecule has 0 unspecified atom stereocenters. The van der Waals surface area contributed by atoms with Crippen LogP contribution in [0.15, 0.2) is 57.0 Å². The number of nitrogens with zero attached hydrogens (tertiary/aromatic N) is 3. The van der Waals surface area contributed by atoms with Gasteiger partial charge >= 0.3 is 0 Å². The molecule has 32 heavy (non-hydrogen) atoms. The number of halogens is 1. The first-order valence-corrected chi connectivity index (χ1v) is 12.7. The minimum Gasteiger partial charge on any atom is -0.411 e. The SMILES string of the molecule is CCN(CC)S(=O)(=O)c1cccc(-c2nnc(SCC(=O)Nc3ccc(C)cc3Cl)o2)c1. The topological polar surface area (TPSA) is 105 Å². The fraction of sp³-hybridized carbons (Fsp3) is 0.286. The minimum atomic E-state index is -3.61. The Morgan fingerprint density at radius 3 is 2.59 bits per heavy atom. The number of benzene rings is 2. The van der Waals surface area contributed by atoms with Gasteiger partial charge in [-0.05, 0) is 42.8 Å². The molecule has 3 rings (SSSR count). The summed E-state index contributed by atoms with van der Waals surface area (Å²) in [6, 6.07) is 11.7. The second-order valence-corrected chi connectivity index (χ2v) is 10.1. The average molecular weight is 495 g/mol. The summed E-state index contributed by atoms with van der Waals surface area (Å²) in [5, 5.41) is 11.3. The van der Waals surface area contributed by atoms with E-state index in [9.17, 15) is 13.2 Å². The van der Waals surface area contributed by atoms with Crippen molar-refractivity contribution in [1.82, 2.24) is 14.5 Å². The smallest absolute Gasteiger partial charge is 0.277 e. The standard InChI is InChI=1S/C21H23ClN4O4S2/c1-4-26(5-2)32(28,29)16-8-6-7-15(12-16)20-24-25-21(30-20)31-13-19(27)23-18-10-9-14(3)11-17(18)22/h6-12H,4-5,13H2,1-3H3,(H,23,27). The van der Waals surface area contributed by atoms with Crippen molar-refractivity contribution in [3.8, 4) is 11.5 Å². The van der Waals surface area contributed by atoms with Crippen LogP contribution in [-0.2, 0) is 14.8 Å². The Balaban J connectivity index is 1.68. The van der Waals surface area contributed by atoms with Crippen LogP contribution >= 0.6 is 23.4 Å². The van der Waals surface area contributed by atoms with Gasteiger partial charge in [0.1, 0.15) is 0 Å². The number of aromatic nitrogens is 2. The summed E-state index contributed by atoms with van der Waals surface area (Å²) in [5.74, 6) is -0.0544. The molecule has 2 aromatic carbocycles. The highest BCUT2D eigenvalue weighted by atomic mass is 35.5. The molecule has 1 N–H and O–H groups in total. The van der Waals surface area contributed by atoms with Gasteiger partial charge in [-0.15, -0.1) is 10.2 Å². The van der Waals surface area contributed by atoms with E-state index in [1.807, 2.05) is 13.0 Å². The number of thioether (sulfide) groups is 1. The van der Waals surface area contributed by atoms with Crippen LogP contribution in [0.25, 0.3) is 11.5 Å². The number of hydrogen-bond acceptors (Lipinski definition) is 7. The molecule has 1 aromatic heterocycles. The van der Waals surface area contributed by atoms with E-state index < -0.39 is 10.0 Å². The maximum absolute atomic E-state index is 12.8. The molecule has 0 fully saturated rings. The van der Waals surface area contributed by atoms with Crippen molar-refractivity contribution in [2.24, 2.45) is 0 Å². The Morgan fingerprint density at radius 1 is 1.16 bits per heavy atom. The van der Waals surface area contributed by atoms with Crippen molar-refractivity contribution in [3.05, 3.63) is 53.1 Å². The van der Waals surface area contributed by atoms with Crippen molar-refractivity contribution in [1.29, 1.82) is 0 Å². The van der Waals surface area contributed by atoms with Crippen LogP contribution in [0, 0.1) is 6.92 Å². The van der Waals surface area contributed by atoms with E-state index in [2.05, 4.69) is 15.5 Å².